The number of aromatic amines is 1. The van der Waals surface area contributed by atoms with Crippen molar-refractivity contribution in [3.05, 3.63) is 179 Å². The maximum atomic E-state index is 6.75. The smallest absolute Gasteiger partial charge is 0.143 e. The van der Waals surface area contributed by atoms with Crippen LogP contribution in [0, 0.1) is 0 Å². The molecule has 0 amide bonds. The van der Waals surface area contributed by atoms with Crippen molar-refractivity contribution in [3.8, 4) is 22.3 Å². The fourth-order valence-electron chi connectivity index (χ4n) is 8.87. The van der Waals surface area contributed by atoms with Gasteiger partial charge in [-0.05, 0) is 80.8 Å². The topological polar surface area (TPSA) is 41.8 Å². The SMILES string of the molecule is C1=CC(c2nc3ccccc3[nH]2)CC2=C1c1ccc(-c3ccccc3)cc1C21c2ccccc2-c2c1ccc1c2oc2ccccc21. The molecule has 0 aliphatic heterocycles. The first kappa shape index (κ1) is 25.3. The summed E-state index contributed by atoms with van der Waals surface area (Å²) in [6.45, 7) is 0. The molecular weight excluding hydrogens is 572 g/mol. The molecule has 3 aliphatic carbocycles. The minimum Gasteiger partial charge on any atom is -0.455 e. The summed E-state index contributed by atoms with van der Waals surface area (Å²) in [6.07, 6.45) is 5.59. The predicted octanol–water partition coefficient (Wildman–Crippen LogP) is 11.0. The molecule has 6 aromatic carbocycles. The van der Waals surface area contributed by atoms with Gasteiger partial charge in [-0.3, -0.25) is 0 Å². The van der Waals surface area contributed by atoms with Crippen LogP contribution in [0.25, 0.3) is 60.8 Å². The lowest BCUT2D eigenvalue weighted by molar-refractivity contribution is 0.659. The summed E-state index contributed by atoms with van der Waals surface area (Å²) in [5.74, 6) is 1.15. The first-order valence-corrected chi connectivity index (χ1v) is 16.4. The van der Waals surface area contributed by atoms with Crippen molar-refractivity contribution in [2.24, 2.45) is 0 Å². The van der Waals surface area contributed by atoms with E-state index in [1.807, 2.05) is 0 Å². The third-order valence-corrected chi connectivity index (χ3v) is 10.8. The number of para-hydroxylation sites is 3. The van der Waals surface area contributed by atoms with Crippen LogP contribution in [0.1, 0.15) is 40.4 Å². The van der Waals surface area contributed by atoms with Crippen molar-refractivity contribution in [2.45, 2.75) is 17.8 Å². The number of H-pyrrole nitrogens is 1. The Hall–Kier alpha value is -5.93. The first-order chi connectivity index (χ1) is 23.3. The summed E-state index contributed by atoms with van der Waals surface area (Å²) in [5.41, 5.74) is 16.5. The minimum absolute atomic E-state index is 0.132. The molecule has 3 heteroatoms. The summed E-state index contributed by atoms with van der Waals surface area (Å²) >= 11 is 0. The van der Waals surface area contributed by atoms with E-state index in [1.54, 1.807) is 0 Å². The van der Waals surface area contributed by atoms with Crippen molar-refractivity contribution in [2.75, 3.05) is 0 Å². The normalized spacial score (nSPS) is 19.1. The summed E-state index contributed by atoms with van der Waals surface area (Å²) in [4.78, 5) is 8.73. The Labute approximate surface area is 271 Å². The lowest BCUT2D eigenvalue weighted by Gasteiger charge is -2.35. The van der Waals surface area contributed by atoms with Crippen LogP contribution in [-0.4, -0.2) is 9.97 Å². The standard InChI is InChI=1S/C44H28N2O/c1-2-10-26(11-3-1)27-18-20-29-30-21-19-28(43-45-38-15-7-8-16-39(38)46-43)25-37(30)44(36(29)24-27)34-14-6-4-13-33(34)41-35(44)23-22-32-31-12-5-9-17-40(31)47-42(32)41/h1-24,28H,25H2,(H,45,46). The van der Waals surface area contributed by atoms with Gasteiger partial charge in [0.05, 0.1) is 16.4 Å². The summed E-state index contributed by atoms with van der Waals surface area (Å²) in [7, 11) is 0. The van der Waals surface area contributed by atoms with Crippen LogP contribution in [0.3, 0.4) is 0 Å². The van der Waals surface area contributed by atoms with Crippen LogP contribution < -0.4 is 0 Å². The molecule has 2 heterocycles. The van der Waals surface area contributed by atoms with Gasteiger partial charge in [0.15, 0.2) is 0 Å². The van der Waals surface area contributed by atoms with Crippen molar-refractivity contribution < 1.29 is 4.42 Å². The Bertz CT molecular complexity index is 2640. The number of imidazole rings is 1. The van der Waals surface area contributed by atoms with Gasteiger partial charge in [0.2, 0.25) is 0 Å². The molecular formula is C44H28N2O. The van der Waals surface area contributed by atoms with Crippen LogP contribution in [0.4, 0.5) is 0 Å². The zero-order valence-corrected chi connectivity index (χ0v) is 25.5. The average Bonchev–Trinajstić information content (AvgIpc) is 3.88. The fourth-order valence-corrected chi connectivity index (χ4v) is 8.87. The molecule has 1 spiro atoms. The lowest BCUT2D eigenvalue weighted by Crippen LogP contribution is -2.29. The van der Waals surface area contributed by atoms with Gasteiger partial charge in [0.25, 0.3) is 0 Å². The number of rotatable bonds is 2. The van der Waals surface area contributed by atoms with E-state index >= 15 is 0 Å². The predicted molar refractivity (Wildman–Crippen MR) is 190 cm³/mol. The molecule has 3 aliphatic rings. The molecule has 0 bridgehead atoms. The minimum atomic E-state index is -0.455. The summed E-state index contributed by atoms with van der Waals surface area (Å²) in [5, 5.41) is 2.33. The Kier molecular flexibility index (Phi) is 4.89. The first-order valence-electron chi connectivity index (χ1n) is 16.4. The molecule has 220 valence electrons. The molecule has 0 radical (unpaired) electrons. The Balaban J connectivity index is 1.22. The van der Waals surface area contributed by atoms with Crippen LogP contribution in [0.2, 0.25) is 0 Å². The van der Waals surface area contributed by atoms with Crippen molar-refractivity contribution in [1.29, 1.82) is 0 Å². The third-order valence-electron chi connectivity index (χ3n) is 10.8. The molecule has 11 rings (SSSR count). The molecule has 8 aromatic rings. The number of allylic oxidation sites excluding steroid dienone is 4. The van der Waals surface area contributed by atoms with Gasteiger partial charge in [0, 0.05) is 22.3 Å². The fraction of sp³-hybridized carbons (Fsp3) is 0.0682. The highest BCUT2D eigenvalue weighted by Crippen LogP contribution is 2.65. The maximum Gasteiger partial charge on any atom is 0.143 e. The Morgan fingerprint density at radius 1 is 0.660 bits per heavy atom. The van der Waals surface area contributed by atoms with Gasteiger partial charge in [-0.1, -0.05) is 121 Å². The highest BCUT2D eigenvalue weighted by atomic mass is 16.3. The van der Waals surface area contributed by atoms with Gasteiger partial charge >= 0.3 is 0 Å². The average molecular weight is 601 g/mol. The van der Waals surface area contributed by atoms with Crippen LogP contribution in [0.15, 0.2) is 156 Å². The van der Waals surface area contributed by atoms with E-state index in [-0.39, 0.29) is 5.92 Å². The number of furan rings is 1. The van der Waals surface area contributed by atoms with E-state index < -0.39 is 5.41 Å². The van der Waals surface area contributed by atoms with E-state index in [9.17, 15) is 0 Å². The van der Waals surface area contributed by atoms with Crippen molar-refractivity contribution in [3.63, 3.8) is 0 Å². The molecule has 1 N–H and O–H groups in total. The van der Waals surface area contributed by atoms with E-state index in [2.05, 4.69) is 151 Å². The van der Waals surface area contributed by atoms with Gasteiger partial charge in [0.1, 0.15) is 17.0 Å². The second kappa shape index (κ2) is 9.08. The van der Waals surface area contributed by atoms with Crippen LogP contribution in [-0.2, 0) is 5.41 Å². The lowest BCUT2D eigenvalue weighted by atomic mass is 9.66. The number of nitrogens with one attached hydrogen (secondary N) is 1. The molecule has 3 nitrogen and oxygen atoms in total. The Morgan fingerprint density at radius 2 is 1.49 bits per heavy atom. The second-order valence-electron chi connectivity index (χ2n) is 13.1. The zero-order chi connectivity index (χ0) is 30.7. The van der Waals surface area contributed by atoms with Crippen molar-refractivity contribution in [1.82, 2.24) is 9.97 Å². The number of aromatic nitrogens is 2. The van der Waals surface area contributed by atoms with Gasteiger partial charge in [-0.15, -0.1) is 0 Å². The van der Waals surface area contributed by atoms with E-state index in [0.717, 1.165) is 39.8 Å². The van der Waals surface area contributed by atoms with Crippen molar-refractivity contribution >= 4 is 38.5 Å². The van der Waals surface area contributed by atoms with E-state index in [4.69, 9.17) is 9.40 Å². The van der Waals surface area contributed by atoms with Crippen LogP contribution in [0.5, 0.6) is 0 Å². The highest BCUT2D eigenvalue weighted by molar-refractivity contribution is 6.13. The molecule has 0 saturated carbocycles. The number of benzene rings is 6. The number of hydrogen-bond donors (Lipinski definition) is 1. The third kappa shape index (κ3) is 3.23. The molecule has 0 fully saturated rings. The molecule has 2 unspecified atom stereocenters. The summed E-state index contributed by atoms with van der Waals surface area (Å²) < 4.78 is 6.75. The van der Waals surface area contributed by atoms with E-state index in [1.165, 1.54) is 61.0 Å². The second-order valence-corrected chi connectivity index (χ2v) is 13.1. The van der Waals surface area contributed by atoms with Gasteiger partial charge < -0.3 is 9.40 Å². The van der Waals surface area contributed by atoms with Gasteiger partial charge in [-0.2, -0.15) is 0 Å². The maximum absolute atomic E-state index is 6.75. The van der Waals surface area contributed by atoms with Gasteiger partial charge in [-0.25, -0.2) is 4.98 Å². The quantitative estimate of drug-likeness (QED) is 0.214. The number of fused-ring (bicyclic) bond motifs is 14. The molecule has 47 heavy (non-hydrogen) atoms. The number of nitrogens with zero attached hydrogens (tertiary/aromatic N) is 1. The molecule has 2 aromatic heterocycles. The van der Waals surface area contributed by atoms with E-state index in [0.29, 0.717) is 0 Å². The highest BCUT2D eigenvalue weighted by Gasteiger charge is 2.54. The molecule has 0 saturated heterocycles. The monoisotopic (exact) mass is 600 g/mol. The largest absolute Gasteiger partial charge is 0.455 e. The molecule has 2 atom stereocenters. The van der Waals surface area contributed by atoms with Crippen LogP contribution >= 0.6 is 0 Å². The summed E-state index contributed by atoms with van der Waals surface area (Å²) in [6, 6.07) is 48.3. The number of hydrogen-bond acceptors (Lipinski definition) is 2. The Morgan fingerprint density at radius 3 is 2.43 bits per heavy atom. The zero-order valence-electron chi connectivity index (χ0n) is 25.5.